The van der Waals surface area contributed by atoms with Gasteiger partial charge in [0.15, 0.2) is 0 Å². The summed E-state index contributed by atoms with van der Waals surface area (Å²) in [6.45, 7) is 2.05. The van der Waals surface area contributed by atoms with Gasteiger partial charge >= 0.3 is 0 Å². The lowest BCUT2D eigenvalue weighted by atomic mass is 10.1. The van der Waals surface area contributed by atoms with Gasteiger partial charge in [-0.3, -0.25) is 9.36 Å². The molecule has 0 aliphatic heterocycles. The average molecular weight is 264 g/mol. The fourth-order valence-electron chi connectivity index (χ4n) is 2.56. The number of hydrogen-bond donors (Lipinski definition) is 1. The third-order valence-electron chi connectivity index (χ3n) is 3.53. The summed E-state index contributed by atoms with van der Waals surface area (Å²) in [4.78, 5) is 12.8. The van der Waals surface area contributed by atoms with Crippen LogP contribution in [0.3, 0.4) is 0 Å². The molecule has 3 aromatic rings. The molecule has 1 heterocycles. The van der Waals surface area contributed by atoms with Crippen LogP contribution in [0.4, 0.5) is 5.69 Å². The van der Waals surface area contributed by atoms with Gasteiger partial charge in [-0.15, -0.1) is 0 Å². The Labute approximate surface area is 117 Å². The maximum absolute atomic E-state index is 12.8. The van der Waals surface area contributed by atoms with E-state index >= 15 is 0 Å². The van der Waals surface area contributed by atoms with Crippen molar-refractivity contribution in [3.8, 4) is 5.69 Å². The number of anilines is 1. The van der Waals surface area contributed by atoms with Crippen LogP contribution in [-0.4, -0.2) is 4.57 Å². The lowest BCUT2D eigenvalue weighted by Crippen LogP contribution is -2.22. The maximum Gasteiger partial charge on any atom is 0.265 e. The van der Waals surface area contributed by atoms with E-state index in [1.54, 1.807) is 10.6 Å². The summed E-state index contributed by atoms with van der Waals surface area (Å²) in [7, 11) is 0. The molecule has 3 rings (SSSR count). The predicted molar refractivity (Wildman–Crippen MR) is 83.3 cm³/mol. The van der Waals surface area contributed by atoms with Gasteiger partial charge in [-0.25, -0.2) is 0 Å². The summed E-state index contributed by atoms with van der Waals surface area (Å²) in [6, 6.07) is 17.3. The van der Waals surface area contributed by atoms with Crippen LogP contribution >= 0.6 is 0 Å². The molecule has 0 unspecified atom stereocenters. The van der Waals surface area contributed by atoms with Gasteiger partial charge in [0.1, 0.15) is 0 Å². The number of hydrogen-bond acceptors (Lipinski definition) is 2. The van der Waals surface area contributed by atoms with E-state index in [0.29, 0.717) is 11.1 Å². The summed E-state index contributed by atoms with van der Waals surface area (Å²) < 4.78 is 1.75. The smallest absolute Gasteiger partial charge is 0.265 e. The highest BCUT2D eigenvalue weighted by Crippen LogP contribution is 2.20. The van der Waals surface area contributed by atoms with Gasteiger partial charge in [-0.1, -0.05) is 37.3 Å². The molecule has 20 heavy (non-hydrogen) atoms. The van der Waals surface area contributed by atoms with E-state index in [-0.39, 0.29) is 5.56 Å². The second-order valence-electron chi connectivity index (χ2n) is 4.78. The molecule has 3 nitrogen and oxygen atoms in total. The fourth-order valence-corrected chi connectivity index (χ4v) is 2.56. The number of rotatable bonds is 2. The molecule has 0 radical (unpaired) electrons. The van der Waals surface area contributed by atoms with E-state index < -0.39 is 0 Å². The average Bonchev–Trinajstić information content (AvgIpc) is 2.47. The Morgan fingerprint density at radius 1 is 1.05 bits per heavy atom. The summed E-state index contributed by atoms with van der Waals surface area (Å²) in [5.74, 6) is 0. The SMILES string of the molecule is CCc1cc2cccc(N)c2c(=O)n1-c1ccccc1. The normalized spacial score (nSPS) is 10.8. The zero-order chi connectivity index (χ0) is 14.1. The topological polar surface area (TPSA) is 48.0 Å². The minimum atomic E-state index is -0.0522. The molecule has 2 aromatic carbocycles. The molecule has 0 fully saturated rings. The van der Waals surface area contributed by atoms with E-state index in [2.05, 4.69) is 0 Å². The Hall–Kier alpha value is -2.55. The summed E-state index contributed by atoms with van der Waals surface area (Å²) in [5, 5.41) is 1.49. The van der Waals surface area contributed by atoms with Crippen molar-refractivity contribution in [1.82, 2.24) is 4.57 Å². The number of aromatic nitrogens is 1. The second kappa shape index (κ2) is 4.85. The van der Waals surface area contributed by atoms with E-state index in [9.17, 15) is 4.79 Å². The van der Waals surface area contributed by atoms with E-state index in [1.165, 1.54) is 0 Å². The zero-order valence-corrected chi connectivity index (χ0v) is 11.3. The van der Waals surface area contributed by atoms with Crippen LogP contribution in [0.1, 0.15) is 12.6 Å². The Morgan fingerprint density at radius 2 is 1.80 bits per heavy atom. The molecule has 0 saturated carbocycles. The third-order valence-corrected chi connectivity index (χ3v) is 3.53. The number of aryl methyl sites for hydroxylation is 1. The highest BCUT2D eigenvalue weighted by atomic mass is 16.1. The standard InChI is InChI=1S/C17H16N2O/c1-2-13-11-12-7-6-10-15(18)16(12)17(20)19(13)14-8-4-3-5-9-14/h3-11H,2,18H2,1H3. The Balaban J connectivity index is 2.45. The largest absolute Gasteiger partial charge is 0.398 e. The van der Waals surface area contributed by atoms with E-state index in [0.717, 1.165) is 23.2 Å². The minimum Gasteiger partial charge on any atom is -0.398 e. The number of pyridine rings is 1. The van der Waals surface area contributed by atoms with E-state index in [1.807, 2.05) is 55.5 Å². The summed E-state index contributed by atoms with van der Waals surface area (Å²) in [6.07, 6.45) is 0.787. The molecule has 0 spiro atoms. The van der Waals surface area contributed by atoms with Crippen LogP contribution in [0.15, 0.2) is 59.4 Å². The van der Waals surface area contributed by atoms with Gasteiger partial charge in [0.2, 0.25) is 0 Å². The highest BCUT2D eigenvalue weighted by molar-refractivity contribution is 5.92. The lowest BCUT2D eigenvalue weighted by Gasteiger charge is -2.14. The van der Waals surface area contributed by atoms with Gasteiger partial charge in [-0.2, -0.15) is 0 Å². The number of benzene rings is 2. The van der Waals surface area contributed by atoms with Crippen LogP contribution < -0.4 is 11.3 Å². The van der Waals surface area contributed by atoms with Crippen molar-refractivity contribution in [3.05, 3.63) is 70.6 Å². The van der Waals surface area contributed by atoms with Gasteiger partial charge in [0.25, 0.3) is 5.56 Å². The van der Waals surface area contributed by atoms with E-state index in [4.69, 9.17) is 5.73 Å². The third kappa shape index (κ3) is 1.88. The van der Waals surface area contributed by atoms with Crippen LogP contribution in [0, 0.1) is 0 Å². The Kier molecular flexibility index (Phi) is 3.03. The molecule has 0 aliphatic rings. The predicted octanol–water partition coefficient (Wildman–Crippen LogP) is 3.14. The Bertz CT molecular complexity index is 820. The molecular weight excluding hydrogens is 248 g/mol. The maximum atomic E-state index is 12.8. The minimum absolute atomic E-state index is 0.0522. The van der Waals surface area contributed by atoms with Crippen LogP contribution in [0.5, 0.6) is 0 Å². The van der Waals surface area contributed by atoms with Crippen molar-refractivity contribution < 1.29 is 0 Å². The number of nitrogens with zero attached hydrogens (tertiary/aromatic N) is 1. The van der Waals surface area contributed by atoms with Crippen molar-refractivity contribution in [1.29, 1.82) is 0 Å². The molecule has 0 aliphatic carbocycles. The van der Waals surface area contributed by atoms with Gasteiger partial charge in [-0.05, 0) is 36.1 Å². The van der Waals surface area contributed by atoms with Crippen LogP contribution in [0.2, 0.25) is 0 Å². The monoisotopic (exact) mass is 264 g/mol. The zero-order valence-electron chi connectivity index (χ0n) is 11.3. The molecule has 0 bridgehead atoms. The van der Waals surface area contributed by atoms with Crippen molar-refractivity contribution in [2.75, 3.05) is 5.73 Å². The summed E-state index contributed by atoms with van der Waals surface area (Å²) >= 11 is 0. The van der Waals surface area contributed by atoms with Crippen molar-refractivity contribution in [3.63, 3.8) is 0 Å². The molecule has 0 atom stereocenters. The molecule has 0 amide bonds. The number of nitrogens with two attached hydrogens (primary N) is 1. The van der Waals surface area contributed by atoms with Gasteiger partial charge in [0.05, 0.1) is 5.39 Å². The van der Waals surface area contributed by atoms with Gasteiger partial charge in [0, 0.05) is 17.1 Å². The molecule has 0 saturated heterocycles. The fraction of sp³-hybridized carbons (Fsp3) is 0.118. The highest BCUT2D eigenvalue weighted by Gasteiger charge is 2.11. The molecule has 100 valence electrons. The lowest BCUT2D eigenvalue weighted by molar-refractivity contribution is 0.889. The molecule has 2 N–H and O–H groups in total. The second-order valence-corrected chi connectivity index (χ2v) is 4.78. The van der Waals surface area contributed by atoms with Crippen molar-refractivity contribution in [2.24, 2.45) is 0 Å². The quantitative estimate of drug-likeness (QED) is 0.723. The van der Waals surface area contributed by atoms with Crippen LogP contribution in [0.25, 0.3) is 16.5 Å². The van der Waals surface area contributed by atoms with Crippen molar-refractivity contribution in [2.45, 2.75) is 13.3 Å². The molecular formula is C17H16N2O. The first kappa shape index (κ1) is 12.5. The van der Waals surface area contributed by atoms with Gasteiger partial charge < -0.3 is 5.73 Å². The first-order chi connectivity index (χ1) is 9.72. The molecule has 1 aromatic heterocycles. The number of nitrogen functional groups attached to an aromatic ring is 1. The Morgan fingerprint density at radius 3 is 2.50 bits per heavy atom. The van der Waals surface area contributed by atoms with Crippen LogP contribution in [-0.2, 0) is 6.42 Å². The van der Waals surface area contributed by atoms with Crippen molar-refractivity contribution >= 4 is 16.5 Å². The number of para-hydroxylation sites is 1. The summed E-state index contributed by atoms with van der Waals surface area (Å²) in [5.41, 5.74) is 8.32. The first-order valence-electron chi connectivity index (χ1n) is 6.71. The first-order valence-corrected chi connectivity index (χ1v) is 6.71. The molecule has 3 heteroatoms. The number of fused-ring (bicyclic) bond motifs is 1.